The lowest BCUT2D eigenvalue weighted by Gasteiger charge is -2.34. The first-order valence-corrected chi connectivity index (χ1v) is 8.11. The van der Waals surface area contributed by atoms with Gasteiger partial charge in [-0.1, -0.05) is 42.5 Å². The predicted molar refractivity (Wildman–Crippen MR) is 90.1 cm³/mol. The van der Waals surface area contributed by atoms with Crippen molar-refractivity contribution < 1.29 is 13.9 Å². The first-order chi connectivity index (χ1) is 11.6. The molecule has 0 saturated carbocycles. The van der Waals surface area contributed by atoms with E-state index >= 15 is 0 Å². The standard InChI is InChI=1S/C19H21FN2O2/c1-14(15-5-3-2-4-6-15)21-19(23)22-11-12-24-18(13-22)16-7-9-17(20)10-8-16/h2-10,14,18H,11-13H2,1H3,(H,21,23). The van der Waals surface area contributed by atoms with Crippen LogP contribution in [-0.4, -0.2) is 30.6 Å². The summed E-state index contributed by atoms with van der Waals surface area (Å²) in [4.78, 5) is 14.3. The third kappa shape index (κ3) is 3.92. The van der Waals surface area contributed by atoms with E-state index in [0.717, 1.165) is 11.1 Å². The highest BCUT2D eigenvalue weighted by molar-refractivity contribution is 5.74. The molecule has 3 rings (SSSR count). The largest absolute Gasteiger partial charge is 0.370 e. The van der Waals surface area contributed by atoms with Crippen molar-refractivity contribution in [1.82, 2.24) is 10.2 Å². The van der Waals surface area contributed by atoms with Gasteiger partial charge >= 0.3 is 6.03 Å². The van der Waals surface area contributed by atoms with Crippen LogP contribution in [0.2, 0.25) is 0 Å². The maximum absolute atomic E-state index is 13.0. The van der Waals surface area contributed by atoms with Crippen molar-refractivity contribution in [3.8, 4) is 0 Å². The fourth-order valence-corrected chi connectivity index (χ4v) is 2.81. The molecule has 5 heteroatoms. The molecule has 4 nitrogen and oxygen atoms in total. The number of carbonyl (C=O) groups is 1. The van der Waals surface area contributed by atoms with Gasteiger partial charge in [0.25, 0.3) is 0 Å². The van der Waals surface area contributed by atoms with Crippen LogP contribution in [0.25, 0.3) is 0 Å². The zero-order valence-electron chi connectivity index (χ0n) is 13.6. The van der Waals surface area contributed by atoms with Crippen LogP contribution in [0.3, 0.4) is 0 Å². The van der Waals surface area contributed by atoms with Gasteiger partial charge in [-0.3, -0.25) is 0 Å². The van der Waals surface area contributed by atoms with Gasteiger partial charge in [0, 0.05) is 6.54 Å². The lowest BCUT2D eigenvalue weighted by atomic mass is 10.1. The van der Waals surface area contributed by atoms with Crippen molar-refractivity contribution in [3.05, 3.63) is 71.5 Å². The van der Waals surface area contributed by atoms with Gasteiger partial charge in [-0.2, -0.15) is 0 Å². The maximum Gasteiger partial charge on any atom is 0.318 e. The van der Waals surface area contributed by atoms with Crippen LogP contribution in [0, 0.1) is 5.82 Å². The van der Waals surface area contributed by atoms with Crippen LogP contribution in [-0.2, 0) is 4.74 Å². The number of urea groups is 1. The molecule has 0 aliphatic carbocycles. The van der Waals surface area contributed by atoms with Crippen molar-refractivity contribution in [3.63, 3.8) is 0 Å². The highest BCUT2D eigenvalue weighted by Gasteiger charge is 2.26. The van der Waals surface area contributed by atoms with Crippen molar-refractivity contribution >= 4 is 6.03 Å². The minimum Gasteiger partial charge on any atom is -0.370 e. The molecule has 0 aromatic heterocycles. The first kappa shape index (κ1) is 16.5. The van der Waals surface area contributed by atoms with Crippen LogP contribution in [0.1, 0.15) is 30.2 Å². The molecule has 0 bridgehead atoms. The van der Waals surface area contributed by atoms with E-state index < -0.39 is 0 Å². The number of nitrogens with one attached hydrogen (secondary N) is 1. The molecular formula is C19H21FN2O2. The summed E-state index contributed by atoms with van der Waals surface area (Å²) in [6.07, 6.45) is -0.225. The molecule has 2 amide bonds. The van der Waals surface area contributed by atoms with Gasteiger partial charge in [-0.15, -0.1) is 0 Å². The molecule has 2 atom stereocenters. The van der Waals surface area contributed by atoms with Crippen LogP contribution in [0.15, 0.2) is 54.6 Å². The Morgan fingerprint density at radius 3 is 2.62 bits per heavy atom. The zero-order chi connectivity index (χ0) is 16.9. The van der Waals surface area contributed by atoms with Crippen molar-refractivity contribution in [2.24, 2.45) is 0 Å². The molecule has 2 aromatic carbocycles. The van der Waals surface area contributed by atoms with Crippen LogP contribution in [0.5, 0.6) is 0 Å². The molecule has 126 valence electrons. The monoisotopic (exact) mass is 328 g/mol. The summed E-state index contributed by atoms with van der Waals surface area (Å²) < 4.78 is 18.8. The molecule has 1 aliphatic heterocycles. The zero-order valence-corrected chi connectivity index (χ0v) is 13.6. The smallest absolute Gasteiger partial charge is 0.318 e. The molecule has 1 fully saturated rings. The second-order valence-corrected chi connectivity index (χ2v) is 5.94. The molecule has 0 spiro atoms. The summed E-state index contributed by atoms with van der Waals surface area (Å²) >= 11 is 0. The molecule has 24 heavy (non-hydrogen) atoms. The number of morpholine rings is 1. The Labute approximate surface area is 141 Å². The van der Waals surface area contributed by atoms with Gasteiger partial charge in [0.15, 0.2) is 0 Å². The number of carbonyl (C=O) groups excluding carboxylic acids is 1. The Morgan fingerprint density at radius 2 is 1.92 bits per heavy atom. The van der Waals surface area contributed by atoms with E-state index in [1.165, 1.54) is 12.1 Å². The van der Waals surface area contributed by atoms with E-state index in [9.17, 15) is 9.18 Å². The quantitative estimate of drug-likeness (QED) is 0.934. The number of amides is 2. The van der Waals surface area contributed by atoms with Crippen molar-refractivity contribution in [1.29, 1.82) is 0 Å². The summed E-state index contributed by atoms with van der Waals surface area (Å²) in [5, 5.41) is 3.02. The Hall–Kier alpha value is -2.40. The maximum atomic E-state index is 13.0. The van der Waals surface area contributed by atoms with Crippen molar-refractivity contribution in [2.75, 3.05) is 19.7 Å². The Bertz CT molecular complexity index is 676. The van der Waals surface area contributed by atoms with E-state index in [4.69, 9.17) is 4.74 Å². The number of ether oxygens (including phenoxy) is 1. The lowest BCUT2D eigenvalue weighted by Crippen LogP contribution is -2.47. The SMILES string of the molecule is CC(NC(=O)N1CCOC(c2ccc(F)cc2)C1)c1ccccc1. The number of rotatable bonds is 3. The third-order valence-electron chi connectivity index (χ3n) is 4.24. The summed E-state index contributed by atoms with van der Waals surface area (Å²) in [6, 6.07) is 15.9. The average molecular weight is 328 g/mol. The molecule has 1 heterocycles. The fraction of sp³-hybridized carbons (Fsp3) is 0.316. The Kier molecular flexibility index (Phi) is 5.11. The second kappa shape index (κ2) is 7.45. The van der Waals surface area contributed by atoms with E-state index in [-0.39, 0.29) is 24.0 Å². The van der Waals surface area contributed by atoms with Gasteiger partial charge in [0.2, 0.25) is 0 Å². The topological polar surface area (TPSA) is 41.6 Å². The lowest BCUT2D eigenvalue weighted by molar-refractivity contribution is -0.0157. The van der Waals surface area contributed by atoms with Gasteiger partial charge in [0.1, 0.15) is 11.9 Å². The minimum atomic E-state index is -0.277. The summed E-state index contributed by atoms with van der Waals surface area (Å²) in [7, 11) is 0. The van der Waals surface area contributed by atoms with E-state index in [1.807, 2.05) is 37.3 Å². The number of hydrogen-bond acceptors (Lipinski definition) is 2. The average Bonchev–Trinajstić information content (AvgIpc) is 2.63. The van der Waals surface area contributed by atoms with E-state index in [2.05, 4.69) is 5.32 Å². The van der Waals surface area contributed by atoms with Crippen LogP contribution in [0.4, 0.5) is 9.18 Å². The fourth-order valence-electron chi connectivity index (χ4n) is 2.81. The molecule has 1 N–H and O–H groups in total. The highest BCUT2D eigenvalue weighted by Crippen LogP contribution is 2.23. The molecule has 2 unspecified atom stereocenters. The van der Waals surface area contributed by atoms with E-state index in [0.29, 0.717) is 19.7 Å². The Balaban J connectivity index is 1.61. The molecule has 1 aliphatic rings. The molecule has 2 aromatic rings. The minimum absolute atomic E-state index is 0.0641. The normalized spacial score (nSPS) is 18.9. The van der Waals surface area contributed by atoms with Crippen LogP contribution >= 0.6 is 0 Å². The number of hydrogen-bond donors (Lipinski definition) is 1. The number of nitrogens with zero attached hydrogens (tertiary/aromatic N) is 1. The summed E-state index contributed by atoms with van der Waals surface area (Å²) in [6.45, 7) is 3.43. The van der Waals surface area contributed by atoms with Crippen LogP contribution < -0.4 is 5.32 Å². The first-order valence-electron chi connectivity index (χ1n) is 8.11. The summed E-state index contributed by atoms with van der Waals surface area (Å²) in [5.41, 5.74) is 1.94. The number of benzene rings is 2. The van der Waals surface area contributed by atoms with Gasteiger partial charge in [-0.05, 0) is 30.2 Å². The van der Waals surface area contributed by atoms with Gasteiger partial charge in [0.05, 0.1) is 19.2 Å². The Morgan fingerprint density at radius 1 is 1.21 bits per heavy atom. The molecule has 0 radical (unpaired) electrons. The van der Waals surface area contributed by atoms with E-state index in [1.54, 1.807) is 17.0 Å². The van der Waals surface area contributed by atoms with Gasteiger partial charge < -0.3 is 15.0 Å². The number of halogens is 1. The van der Waals surface area contributed by atoms with Crippen molar-refractivity contribution in [2.45, 2.75) is 19.1 Å². The second-order valence-electron chi connectivity index (χ2n) is 5.94. The molecular weight excluding hydrogens is 307 g/mol. The predicted octanol–water partition coefficient (Wildman–Crippen LogP) is 3.67. The highest BCUT2D eigenvalue weighted by atomic mass is 19.1. The summed E-state index contributed by atoms with van der Waals surface area (Å²) in [5.74, 6) is -0.277. The molecule has 1 saturated heterocycles. The third-order valence-corrected chi connectivity index (χ3v) is 4.24. The van der Waals surface area contributed by atoms with Gasteiger partial charge in [-0.25, -0.2) is 9.18 Å².